The predicted molar refractivity (Wildman–Crippen MR) is 82.5 cm³/mol. The van der Waals surface area contributed by atoms with E-state index in [0.29, 0.717) is 18.0 Å². The van der Waals surface area contributed by atoms with E-state index in [0.717, 1.165) is 19.3 Å². The molecule has 5 nitrogen and oxygen atoms in total. The lowest BCUT2D eigenvalue weighted by molar-refractivity contribution is 0.304. The zero-order valence-corrected chi connectivity index (χ0v) is 12.8. The highest BCUT2D eigenvalue weighted by Gasteiger charge is 2.22. The smallest absolute Gasteiger partial charge is 0.146 e. The average molecular weight is 297 g/mol. The average Bonchev–Trinajstić information content (AvgIpc) is 2.47. The molecular weight excluding hydrogens is 273 g/mol. The Bertz CT molecular complexity index is 490. The van der Waals surface area contributed by atoms with Crippen LogP contribution in [0.4, 0.5) is 10.1 Å². The fourth-order valence-electron chi connectivity index (χ4n) is 1.95. The molecule has 0 saturated heterocycles. The number of nitrogens with two attached hydrogens (primary N) is 1. The summed E-state index contributed by atoms with van der Waals surface area (Å²) in [5.41, 5.74) is 5.73. The number of nitrogens with zero attached hydrogens (tertiary/aromatic N) is 1. The van der Waals surface area contributed by atoms with Crippen molar-refractivity contribution in [2.24, 2.45) is 16.3 Å². The van der Waals surface area contributed by atoms with E-state index in [9.17, 15) is 4.39 Å². The van der Waals surface area contributed by atoms with Gasteiger partial charge in [0.2, 0.25) is 0 Å². The molecule has 1 aromatic carbocycles. The molecule has 1 aromatic rings. The van der Waals surface area contributed by atoms with Gasteiger partial charge in [-0.3, -0.25) is 0 Å². The Morgan fingerprint density at radius 2 is 2.14 bits per heavy atom. The molecule has 0 saturated carbocycles. The van der Waals surface area contributed by atoms with E-state index < -0.39 is 0 Å². The maximum absolute atomic E-state index is 13.6. The Balaban J connectivity index is 2.38. The maximum Gasteiger partial charge on any atom is 0.146 e. The molecule has 0 radical (unpaired) electrons. The van der Waals surface area contributed by atoms with Crippen molar-refractivity contribution >= 4 is 11.5 Å². The molecule has 0 amide bonds. The van der Waals surface area contributed by atoms with Gasteiger partial charge in [-0.1, -0.05) is 25.4 Å². The van der Waals surface area contributed by atoms with Gasteiger partial charge in [0, 0.05) is 18.0 Å². The number of hydrogen-bond acceptors (Lipinski definition) is 4. The molecule has 0 fully saturated rings. The fraction of sp³-hybridized carbons (Fsp3) is 0.533. The summed E-state index contributed by atoms with van der Waals surface area (Å²) in [6, 6.07) is 4.60. The second-order valence-corrected chi connectivity index (χ2v) is 5.60. The Morgan fingerprint density at radius 3 is 2.76 bits per heavy atom. The highest BCUT2D eigenvalue weighted by atomic mass is 19.1. The minimum Gasteiger partial charge on any atom is -0.497 e. The van der Waals surface area contributed by atoms with Gasteiger partial charge < -0.3 is 21.0 Å². The summed E-state index contributed by atoms with van der Waals surface area (Å²) in [6.07, 6.45) is 2.55. The van der Waals surface area contributed by atoms with Crippen LogP contribution in [0.25, 0.3) is 0 Å². The lowest BCUT2D eigenvalue weighted by atomic mass is 9.86. The summed E-state index contributed by atoms with van der Waals surface area (Å²) in [6.45, 7) is 4.50. The van der Waals surface area contributed by atoms with Crippen LogP contribution in [0.15, 0.2) is 23.4 Å². The second kappa shape index (κ2) is 7.71. The van der Waals surface area contributed by atoms with Crippen molar-refractivity contribution in [3.8, 4) is 5.75 Å². The third-order valence-electron chi connectivity index (χ3n) is 3.52. The number of unbranched alkanes of at least 4 members (excludes halogenated alkanes) is 1. The first-order valence-corrected chi connectivity index (χ1v) is 6.96. The Kier molecular flexibility index (Phi) is 6.27. The van der Waals surface area contributed by atoms with E-state index in [1.807, 2.05) is 13.8 Å². The molecular formula is C15H24FN3O2. The van der Waals surface area contributed by atoms with Crippen molar-refractivity contribution in [3.63, 3.8) is 0 Å². The van der Waals surface area contributed by atoms with Crippen LogP contribution >= 0.6 is 0 Å². The van der Waals surface area contributed by atoms with Crippen LogP contribution in [-0.4, -0.2) is 24.7 Å². The van der Waals surface area contributed by atoms with Gasteiger partial charge in [-0.05, 0) is 25.0 Å². The van der Waals surface area contributed by atoms with Crippen molar-refractivity contribution in [2.75, 3.05) is 19.0 Å². The standard InChI is InChI=1S/C15H24FN3O2/c1-15(2,14(17)19-20)8-4-5-9-18-13-10-11(21-3)6-7-12(13)16/h6-7,10,18,20H,4-5,8-9H2,1-3H3,(H2,17,19). The van der Waals surface area contributed by atoms with E-state index in [4.69, 9.17) is 15.7 Å². The zero-order chi connectivity index (χ0) is 15.9. The van der Waals surface area contributed by atoms with Gasteiger partial charge in [-0.2, -0.15) is 0 Å². The van der Waals surface area contributed by atoms with Gasteiger partial charge >= 0.3 is 0 Å². The Labute approximate surface area is 125 Å². The minimum atomic E-state index is -0.337. The number of anilines is 1. The van der Waals surface area contributed by atoms with Crippen molar-refractivity contribution in [3.05, 3.63) is 24.0 Å². The van der Waals surface area contributed by atoms with Gasteiger partial charge in [0.15, 0.2) is 0 Å². The molecule has 21 heavy (non-hydrogen) atoms. The lowest BCUT2D eigenvalue weighted by Gasteiger charge is -2.22. The Hall–Kier alpha value is -1.98. The molecule has 6 heteroatoms. The van der Waals surface area contributed by atoms with E-state index in [1.54, 1.807) is 19.2 Å². The number of methoxy groups -OCH3 is 1. The van der Waals surface area contributed by atoms with Gasteiger partial charge in [0.05, 0.1) is 12.8 Å². The van der Waals surface area contributed by atoms with Crippen molar-refractivity contribution in [2.45, 2.75) is 33.1 Å². The molecule has 1 rings (SSSR count). The second-order valence-electron chi connectivity index (χ2n) is 5.60. The maximum atomic E-state index is 13.6. The molecule has 0 aliphatic heterocycles. The van der Waals surface area contributed by atoms with E-state index in [-0.39, 0.29) is 17.1 Å². The largest absolute Gasteiger partial charge is 0.497 e. The summed E-state index contributed by atoms with van der Waals surface area (Å²) in [5, 5.41) is 14.8. The van der Waals surface area contributed by atoms with Crippen LogP contribution in [0.2, 0.25) is 0 Å². The van der Waals surface area contributed by atoms with Gasteiger partial charge in [0.1, 0.15) is 17.4 Å². The predicted octanol–water partition coefficient (Wildman–Crippen LogP) is 3.19. The molecule has 0 unspecified atom stereocenters. The highest BCUT2D eigenvalue weighted by molar-refractivity contribution is 5.85. The molecule has 0 aliphatic rings. The topological polar surface area (TPSA) is 79.9 Å². The molecule has 0 spiro atoms. The summed E-state index contributed by atoms with van der Waals surface area (Å²) < 4.78 is 18.6. The summed E-state index contributed by atoms with van der Waals surface area (Å²) in [5.74, 6) is 0.550. The van der Waals surface area contributed by atoms with E-state index >= 15 is 0 Å². The first-order chi connectivity index (χ1) is 9.90. The molecule has 0 heterocycles. The summed E-state index contributed by atoms with van der Waals surface area (Å²) in [4.78, 5) is 0. The monoisotopic (exact) mass is 297 g/mol. The van der Waals surface area contributed by atoms with Crippen molar-refractivity contribution in [1.29, 1.82) is 0 Å². The molecule has 4 N–H and O–H groups in total. The SMILES string of the molecule is COc1ccc(F)c(NCCCCC(C)(C)/C(N)=N/O)c1. The number of hydrogen-bond donors (Lipinski definition) is 3. The normalized spacial score (nSPS) is 12.3. The lowest BCUT2D eigenvalue weighted by Crippen LogP contribution is -2.31. The minimum absolute atomic E-state index is 0.231. The third kappa shape index (κ3) is 5.13. The molecule has 0 aromatic heterocycles. The highest BCUT2D eigenvalue weighted by Crippen LogP contribution is 2.24. The number of ether oxygens (including phenoxy) is 1. The van der Waals surface area contributed by atoms with Crippen LogP contribution in [0.1, 0.15) is 33.1 Å². The van der Waals surface area contributed by atoms with Gasteiger partial charge in [-0.25, -0.2) is 4.39 Å². The molecule has 0 aliphatic carbocycles. The fourth-order valence-corrected chi connectivity index (χ4v) is 1.95. The van der Waals surface area contributed by atoms with E-state index in [1.165, 1.54) is 6.07 Å². The van der Waals surface area contributed by atoms with Gasteiger partial charge in [-0.15, -0.1) is 0 Å². The van der Waals surface area contributed by atoms with Crippen LogP contribution < -0.4 is 15.8 Å². The molecule has 0 atom stereocenters. The molecule has 0 bridgehead atoms. The number of oxime groups is 1. The number of amidine groups is 1. The number of rotatable bonds is 8. The summed E-state index contributed by atoms with van der Waals surface area (Å²) >= 11 is 0. The first-order valence-electron chi connectivity index (χ1n) is 6.96. The zero-order valence-electron chi connectivity index (χ0n) is 12.8. The number of nitrogens with one attached hydrogen (secondary N) is 1. The Morgan fingerprint density at radius 1 is 1.43 bits per heavy atom. The van der Waals surface area contributed by atoms with Crippen molar-refractivity contribution < 1.29 is 14.3 Å². The first kappa shape index (κ1) is 17.1. The van der Waals surface area contributed by atoms with Gasteiger partial charge in [0.25, 0.3) is 0 Å². The van der Waals surface area contributed by atoms with Crippen LogP contribution in [-0.2, 0) is 0 Å². The van der Waals surface area contributed by atoms with Crippen LogP contribution in [0.5, 0.6) is 5.75 Å². The third-order valence-corrected chi connectivity index (χ3v) is 3.52. The quantitative estimate of drug-likeness (QED) is 0.226. The number of halogens is 1. The van der Waals surface area contributed by atoms with Crippen molar-refractivity contribution in [1.82, 2.24) is 0 Å². The van der Waals surface area contributed by atoms with Crippen LogP contribution in [0, 0.1) is 11.2 Å². The van der Waals surface area contributed by atoms with E-state index in [2.05, 4.69) is 10.5 Å². The number of benzene rings is 1. The summed E-state index contributed by atoms with van der Waals surface area (Å²) in [7, 11) is 1.55. The molecule has 118 valence electrons. The van der Waals surface area contributed by atoms with Crippen LogP contribution in [0.3, 0.4) is 0 Å².